The highest BCUT2D eigenvalue weighted by atomic mass is 35.5. The molecule has 0 saturated carbocycles. The fourth-order valence-corrected chi connectivity index (χ4v) is 2.52. The van der Waals surface area contributed by atoms with Crippen molar-refractivity contribution in [2.45, 2.75) is 53.6 Å². The third kappa shape index (κ3) is 4.81. The van der Waals surface area contributed by atoms with Crippen LogP contribution in [0.5, 0.6) is 0 Å². The summed E-state index contributed by atoms with van der Waals surface area (Å²) in [6, 6.07) is 0.569. The summed E-state index contributed by atoms with van der Waals surface area (Å²) in [6.45, 7) is 12.1. The third-order valence-electron chi connectivity index (χ3n) is 2.65. The number of rotatable bonds is 4. The van der Waals surface area contributed by atoms with Gasteiger partial charge >= 0.3 is 0 Å². The minimum atomic E-state index is 0. The molecule has 0 aliphatic heterocycles. The summed E-state index contributed by atoms with van der Waals surface area (Å²) in [7, 11) is 0. The fourth-order valence-electron chi connectivity index (χ4n) is 1.77. The van der Waals surface area contributed by atoms with Crippen molar-refractivity contribution in [3.63, 3.8) is 0 Å². The molecular formula is C12H23ClN2S. The summed E-state index contributed by atoms with van der Waals surface area (Å²) in [5.74, 6) is 0. The van der Waals surface area contributed by atoms with Crippen LogP contribution in [0.4, 0.5) is 0 Å². The normalized spacial score (nSPS) is 13.3. The molecule has 1 rings (SSSR count). The molecule has 2 nitrogen and oxygen atoms in total. The molecule has 0 aliphatic carbocycles. The molecule has 0 radical (unpaired) electrons. The van der Waals surface area contributed by atoms with Crippen molar-refractivity contribution in [1.29, 1.82) is 0 Å². The lowest BCUT2D eigenvalue weighted by Crippen LogP contribution is -2.39. The number of aryl methyl sites for hydroxylation is 1. The third-order valence-corrected chi connectivity index (χ3v) is 3.56. The lowest BCUT2D eigenvalue weighted by atomic mass is 9.85. The molecule has 1 N–H and O–H groups in total. The van der Waals surface area contributed by atoms with E-state index in [1.165, 1.54) is 11.3 Å². The topological polar surface area (TPSA) is 24.9 Å². The van der Waals surface area contributed by atoms with Crippen LogP contribution in [0.15, 0.2) is 6.20 Å². The molecule has 1 atom stereocenters. The number of aromatic nitrogens is 1. The summed E-state index contributed by atoms with van der Waals surface area (Å²) >= 11 is 1.78. The highest BCUT2D eigenvalue weighted by Crippen LogP contribution is 2.22. The first-order chi connectivity index (χ1) is 6.93. The van der Waals surface area contributed by atoms with Gasteiger partial charge in [0.15, 0.2) is 0 Å². The lowest BCUT2D eigenvalue weighted by Gasteiger charge is -2.30. The molecule has 0 spiro atoms. The second kappa shape index (κ2) is 6.58. The van der Waals surface area contributed by atoms with Gasteiger partial charge in [-0.2, -0.15) is 0 Å². The van der Waals surface area contributed by atoms with Crippen LogP contribution in [-0.4, -0.2) is 11.0 Å². The Balaban J connectivity index is 0.00000225. The molecule has 0 aliphatic rings. The Labute approximate surface area is 109 Å². The van der Waals surface area contributed by atoms with E-state index in [9.17, 15) is 0 Å². The van der Waals surface area contributed by atoms with E-state index in [0.717, 1.165) is 11.6 Å². The minimum absolute atomic E-state index is 0. The monoisotopic (exact) mass is 262 g/mol. The van der Waals surface area contributed by atoms with E-state index in [0.29, 0.717) is 11.5 Å². The van der Waals surface area contributed by atoms with Gasteiger partial charge in [0.05, 0.1) is 5.01 Å². The zero-order valence-electron chi connectivity index (χ0n) is 10.8. The molecule has 0 bridgehead atoms. The van der Waals surface area contributed by atoms with Crippen LogP contribution in [-0.2, 0) is 6.54 Å². The van der Waals surface area contributed by atoms with E-state index in [2.05, 4.69) is 44.9 Å². The highest BCUT2D eigenvalue weighted by Gasteiger charge is 2.22. The first kappa shape index (κ1) is 15.9. The van der Waals surface area contributed by atoms with Crippen LogP contribution < -0.4 is 5.32 Å². The predicted molar refractivity (Wildman–Crippen MR) is 74.5 cm³/mol. The second-order valence-corrected chi connectivity index (χ2v) is 6.37. The van der Waals surface area contributed by atoms with Crippen LogP contribution in [0.2, 0.25) is 0 Å². The SMILES string of the molecule is CCC(NCc1cnc(C)s1)C(C)(C)C.Cl. The Bertz CT molecular complexity index is 304. The molecule has 16 heavy (non-hydrogen) atoms. The minimum Gasteiger partial charge on any atom is -0.309 e. The van der Waals surface area contributed by atoms with Gasteiger partial charge < -0.3 is 5.32 Å². The van der Waals surface area contributed by atoms with Gasteiger partial charge in [0.1, 0.15) is 0 Å². The number of nitrogens with one attached hydrogen (secondary N) is 1. The number of halogens is 1. The van der Waals surface area contributed by atoms with Gasteiger partial charge in [0.25, 0.3) is 0 Å². The van der Waals surface area contributed by atoms with Crippen molar-refractivity contribution >= 4 is 23.7 Å². The molecule has 0 amide bonds. The van der Waals surface area contributed by atoms with Crippen molar-refractivity contribution < 1.29 is 0 Å². The molecule has 0 fully saturated rings. The van der Waals surface area contributed by atoms with Crippen molar-refractivity contribution in [3.8, 4) is 0 Å². The molecule has 0 saturated heterocycles. The Hall–Kier alpha value is -0.120. The largest absolute Gasteiger partial charge is 0.309 e. The Kier molecular flexibility index (Phi) is 6.53. The summed E-state index contributed by atoms with van der Waals surface area (Å²) in [5.41, 5.74) is 0.328. The predicted octanol–water partition coefficient (Wildman–Crippen LogP) is 3.79. The maximum absolute atomic E-state index is 4.26. The smallest absolute Gasteiger partial charge is 0.0897 e. The average molecular weight is 263 g/mol. The molecule has 94 valence electrons. The zero-order chi connectivity index (χ0) is 11.5. The maximum atomic E-state index is 4.26. The van der Waals surface area contributed by atoms with Gasteiger partial charge in [-0.05, 0) is 18.8 Å². The van der Waals surface area contributed by atoms with E-state index < -0.39 is 0 Å². The first-order valence-electron chi connectivity index (χ1n) is 5.58. The van der Waals surface area contributed by atoms with Crippen LogP contribution in [0.3, 0.4) is 0 Å². The fraction of sp³-hybridized carbons (Fsp3) is 0.750. The van der Waals surface area contributed by atoms with E-state index in [1.54, 1.807) is 11.3 Å². The van der Waals surface area contributed by atoms with Crippen LogP contribution in [0, 0.1) is 12.3 Å². The molecule has 1 aromatic heterocycles. The van der Waals surface area contributed by atoms with Gasteiger partial charge in [0, 0.05) is 23.7 Å². The molecular weight excluding hydrogens is 240 g/mol. The molecule has 1 aromatic rings. The summed E-state index contributed by atoms with van der Waals surface area (Å²) in [6.07, 6.45) is 3.14. The van der Waals surface area contributed by atoms with Gasteiger partial charge in [-0.3, -0.25) is 0 Å². The van der Waals surface area contributed by atoms with Gasteiger partial charge in [0.2, 0.25) is 0 Å². The van der Waals surface area contributed by atoms with Crippen LogP contribution in [0.25, 0.3) is 0 Å². The van der Waals surface area contributed by atoms with Crippen LogP contribution in [0.1, 0.15) is 44.0 Å². The van der Waals surface area contributed by atoms with Crippen LogP contribution >= 0.6 is 23.7 Å². The first-order valence-corrected chi connectivity index (χ1v) is 6.40. The van der Waals surface area contributed by atoms with E-state index in [1.807, 2.05) is 6.20 Å². The van der Waals surface area contributed by atoms with Crippen molar-refractivity contribution in [2.24, 2.45) is 5.41 Å². The molecule has 0 aromatic carbocycles. The second-order valence-electron chi connectivity index (χ2n) is 5.05. The van der Waals surface area contributed by atoms with E-state index in [4.69, 9.17) is 0 Å². The lowest BCUT2D eigenvalue weighted by molar-refractivity contribution is 0.260. The quantitative estimate of drug-likeness (QED) is 0.893. The van der Waals surface area contributed by atoms with Crippen molar-refractivity contribution in [3.05, 3.63) is 16.1 Å². The Morgan fingerprint density at radius 2 is 2.06 bits per heavy atom. The summed E-state index contributed by atoms with van der Waals surface area (Å²) < 4.78 is 0. The van der Waals surface area contributed by atoms with Gasteiger partial charge in [-0.25, -0.2) is 4.98 Å². The molecule has 1 heterocycles. The number of hydrogen-bond acceptors (Lipinski definition) is 3. The van der Waals surface area contributed by atoms with Crippen molar-refractivity contribution in [2.75, 3.05) is 0 Å². The molecule has 4 heteroatoms. The number of thiazole rings is 1. The summed E-state index contributed by atoms with van der Waals surface area (Å²) in [5, 5.41) is 4.76. The van der Waals surface area contributed by atoms with E-state index in [-0.39, 0.29) is 12.4 Å². The van der Waals surface area contributed by atoms with Crippen molar-refractivity contribution in [1.82, 2.24) is 10.3 Å². The zero-order valence-corrected chi connectivity index (χ0v) is 12.5. The van der Waals surface area contributed by atoms with Gasteiger partial charge in [-0.15, -0.1) is 23.7 Å². The van der Waals surface area contributed by atoms with E-state index >= 15 is 0 Å². The number of hydrogen-bond donors (Lipinski definition) is 1. The molecule has 1 unspecified atom stereocenters. The standard InChI is InChI=1S/C12H22N2S.ClH/c1-6-11(12(3,4)5)14-8-10-7-13-9(2)15-10;/h7,11,14H,6,8H2,1-5H3;1H. The van der Waals surface area contributed by atoms with Gasteiger partial charge in [-0.1, -0.05) is 27.7 Å². The maximum Gasteiger partial charge on any atom is 0.0897 e. The Morgan fingerprint density at radius 1 is 1.44 bits per heavy atom. The highest BCUT2D eigenvalue weighted by molar-refractivity contribution is 7.11. The average Bonchev–Trinajstić information content (AvgIpc) is 2.50. The Morgan fingerprint density at radius 3 is 2.44 bits per heavy atom. The summed E-state index contributed by atoms with van der Waals surface area (Å²) in [4.78, 5) is 5.59. The number of nitrogens with zero attached hydrogens (tertiary/aromatic N) is 1.